The number of halogens is 2. The van der Waals surface area contributed by atoms with Crippen molar-refractivity contribution in [2.45, 2.75) is 18.9 Å². The Bertz CT molecular complexity index is 737. The lowest BCUT2D eigenvalue weighted by molar-refractivity contribution is 0.0607. The van der Waals surface area contributed by atoms with Crippen molar-refractivity contribution in [3.05, 3.63) is 34.2 Å². The van der Waals surface area contributed by atoms with E-state index in [1.54, 1.807) is 6.07 Å². The van der Waals surface area contributed by atoms with Gasteiger partial charge in [0.25, 0.3) is 5.91 Å². The lowest BCUT2D eigenvalue weighted by atomic mass is 9.84. The molecule has 22 heavy (non-hydrogen) atoms. The van der Waals surface area contributed by atoms with Gasteiger partial charge in [-0.15, -0.1) is 0 Å². The Labute approximate surface area is 135 Å². The molecule has 6 heteroatoms. The second kappa shape index (κ2) is 5.35. The topological polar surface area (TPSA) is 45.5 Å². The number of hydrogen-bond acceptors (Lipinski definition) is 3. The maximum absolute atomic E-state index is 13.4. The molecule has 2 aromatic rings. The van der Waals surface area contributed by atoms with Gasteiger partial charge in [0.15, 0.2) is 5.76 Å². The van der Waals surface area contributed by atoms with Gasteiger partial charge in [0.05, 0.1) is 4.47 Å². The number of fused-ring (bicyclic) bond motifs is 4. The molecule has 1 unspecified atom stereocenters. The summed E-state index contributed by atoms with van der Waals surface area (Å²) in [6.07, 6.45) is 2.28. The summed E-state index contributed by atoms with van der Waals surface area (Å²) in [5, 5.41) is 3.67. The molecule has 0 radical (unpaired) electrons. The number of carbonyl (C=O) groups is 1. The monoisotopic (exact) mass is 366 g/mol. The van der Waals surface area contributed by atoms with Crippen molar-refractivity contribution < 1.29 is 13.6 Å². The Morgan fingerprint density at radius 2 is 2.09 bits per heavy atom. The zero-order chi connectivity index (χ0) is 15.3. The summed E-state index contributed by atoms with van der Waals surface area (Å²) in [4.78, 5) is 14.8. The molecule has 1 N–H and O–H groups in total. The van der Waals surface area contributed by atoms with Crippen molar-refractivity contribution in [2.24, 2.45) is 5.92 Å². The number of hydrogen-bond donors (Lipinski definition) is 1. The molecule has 0 spiro atoms. The number of amides is 1. The Hall–Kier alpha value is -1.40. The molecule has 1 aromatic heterocycles. The second-order valence-electron chi connectivity index (χ2n) is 6.13. The van der Waals surface area contributed by atoms with Crippen molar-refractivity contribution in [1.29, 1.82) is 0 Å². The summed E-state index contributed by atoms with van der Waals surface area (Å²) in [6, 6.07) is 4.48. The minimum atomic E-state index is -0.357. The molecule has 3 aliphatic heterocycles. The minimum absolute atomic E-state index is 0.184. The Balaban J connectivity index is 1.56. The predicted molar refractivity (Wildman–Crippen MR) is 84.3 cm³/mol. The van der Waals surface area contributed by atoms with Crippen LogP contribution < -0.4 is 5.32 Å². The van der Waals surface area contributed by atoms with Crippen LogP contribution in [0.2, 0.25) is 0 Å². The van der Waals surface area contributed by atoms with Crippen molar-refractivity contribution in [3.8, 4) is 0 Å². The third kappa shape index (κ3) is 2.44. The number of benzene rings is 1. The van der Waals surface area contributed by atoms with Crippen LogP contribution in [0.4, 0.5) is 4.39 Å². The van der Waals surface area contributed by atoms with Gasteiger partial charge in [-0.25, -0.2) is 4.39 Å². The first kappa shape index (κ1) is 14.2. The summed E-state index contributed by atoms with van der Waals surface area (Å²) in [5.74, 6) is 0.215. The Morgan fingerprint density at radius 3 is 2.77 bits per heavy atom. The van der Waals surface area contributed by atoms with E-state index in [4.69, 9.17) is 4.42 Å². The first-order valence-electron chi connectivity index (χ1n) is 7.52. The quantitative estimate of drug-likeness (QED) is 0.887. The van der Waals surface area contributed by atoms with Gasteiger partial charge < -0.3 is 14.6 Å². The number of rotatable bonds is 2. The molecule has 0 saturated carbocycles. The highest BCUT2D eigenvalue weighted by atomic mass is 79.9. The normalized spacial score (nSPS) is 27.3. The number of nitrogens with one attached hydrogen (secondary N) is 1. The maximum Gasteiger partial charge on any atom is 0.287 e. The molecule has 1 aromatic carbocycles. The Morgan fingerprint density at radius 1 is 1.32 bits per heavy atom. The highest BCUT2D eigenvalue weighted by Crippen LogP contribution is 2.30. The van der Waals surface area contributed by atoms with Crippen LogP contribution in [-0.4, -0.2) is 36.5 Å². The molecule has 4 nitrogen and oxygen atoms in total. The summed E-state index contributed by atoms with van der Waals surface area (Å²) in [7, 11) is 0. The summed E-state index contributed by atoms with van der Waals surface area (Å²) < 4.78 is 19.5. The lowest BCUT2D eigenvalue weighted by Crippen LogP contribution is -2.57. The first-order chi connectivity index (χ1) is 10.6. The fourth-order valence-corrected chi connectivity index (χ4v) is 4.08. The van der Waals surface area contributed by atoms with Crippen LogP contribution in [0.25, 0.3) is 11.0 Å². The standard InChI is InChI=1S/C16H16BrFN2O2/c17-12-7-11(18)5-10-6-14(22-15(10)12)16(21)19-13-8-20-3-1-9(13)2-4-20/h5-7,9,13H,1-4,8H2,(H,19,21). The van der Waals surface area contributed by atoms with Crippen LogP contribution >= 0.6 is 15.9 Å². The van der Waals surface area contributed by atoms with Crippen molar-refractivity contribution in [1.82, 2.24) is 10.2 Å². The van der Waals surface area contributed by atoms with Gasteiger partial charge >= 0.3 is 0 Å². The molecule has 3 aliphatic rings. The summed E-state index contributed by atoms with van der Waals surface area (Å²) in [5.41, 5.74) is 0.500. The van der Waals surface area contributed by atoms with Crippen molar-refractivity contribution in [3.63, 3.8) is 0 Å². The first-order valence-corrected chi connectivity index (χ1v) is 8.31. The SMILES string of the molecule is O=C(NC1CN2CCC1CC2)c1cc2cc(F)cc(Br)c2o1. The van der Waals surface area contributed by atoms with Crippen LogP contribution in [0.3, 0.4) is 0 Å². The van der Waals surface area contributed by atoms with Gasteiger partial charge in [0.1, 0.15) is 11.4 Å². The predicted octanol–water partition coefficient (Wildman–Crippen LogP) is 3.16. The van der Waals surface area contributed by atoms with Crippen LogP contribution in [0.15, 0.2) is 27.1 Å². The molecule has 3 saturated heterocycles. The van der Waals surface area contributed by atoms with E-state index in [0.717, 1.165) is 32.5 Å². The van der Waals surface area contributed by atoms with E-state index in [2.05, 4.69) is 26.1 Å². The molecule has 2 bridgehead atoms. The molecule has 5 rings (SSSR count). The third-order valence-electron chi connectivity index (χ3n) is 4.73. The van der Waals surface area contributed by atoms with Gasteiger partial charge in [-0.2, -0.15) is 0 Å². The number of nitrogens with zero attached hydrogens (tertiary/aromatic N) is 1. The molecular formula is C16H16BrFN2O2. The van der Waals surface area contributed by atoms with Crippen molar-refractivity contribution >= 4 is 32.8 Å². The molecule has 116 valence electrons. The van der Waals surface area contributed by atoms with E-state index in [1.807, 2.05) is 0 Å². The van der Waals surface area contributed by atoms with E-state index < -0.39 is 0 Å². The molecular weight excluding hydrogens is 351 g/mol. The van der Waals surface area contributed by atoms with Gasteiger partial charge in [0.2, 0.25) is 0 Å². The number of carbonyl (C=O) groups excluding carboxylic acids is 1. The van der Waals surface area contributed by atoms with Gasteiger partial charge in [-0.1, -0.05) is 0 Å². The molecule has 0 aliphatic carbocycles. The number of furan rings is 1. The fourth-order valence-electron chi connectivity index (χ4n) is 3.56. The van der Waals surface area contributed by atoms with Crippen LogP contribution in [0, 0.1) is 11.7 Å². The average Bonchev–Trinajstić information content (AvgIpc) is 2.93. The van der Waals surface area contributed by atoms with E-state index in [0.29, 0.717) is 21.4 Å². The third-order valence-corrected chi connectivity index (χ3v) is 5.32. The lowest BCUT2D eigenvalue weighted by Gasteiger charge is -2.44. The van der Waals surface area contributed by atoms with E-state index >= 15 is 0 Å². The molecule has 1 atom stereocenters. The van der Waals surface area contributed by atoms with E-state index in [1.165, 1.54) is 12.1 Å². The highest BCUT2D eigenvalue weighted by Gasteiger charge is 2.35. The summed E-state index contributed by atoms with van der Waals surface area (Å²) in [6.45, 7) is 3.18. The van der Waals surface area contributed by atoms with Gasteiger partial charge in [-0.05, 0) is 66.0 Å². The summed E-state index contributed by atoms with van der Waals surface area (Å²) >= 11 is 3.26. The highest BCUT2D eigenvalue weighted by molar-refractivity contribution is 9.10. The fraction of sp³-hybridized carbons (Fsp3) is 0.438. The molecule has 3 fully saturated rings. The van der Waals surface area contributed by atoms with E-state index in [9.17, 15) is 9.18 Å². The van der Waals surface area contributed by atoms with Crippen LogP contribution in [-0.2, 0) is 0 Å². The maximum atomic E-state index is 13.4. The number of piperidine rings is 3. The smallest absolute Gasteiger partial charge is 0.287 e. The van der Waals surface area contributed by atoms with E-state index in [-0.39, 0.29) is 23.5 Å². The zero-order valence-electron chi connectivity index (χ0n) is 11.9. The molecule has 4 heterocycles. The van der Waals surface area contributed by atoms with Crippen LogP contribution in [0.1, 0.15) is 23.4 Å². The Kier molecular flexibility index (Phi) is 3.46. The average molecular weight is 367 g/mol. The zero-order valence-corrected chi connectivity index (χ0v) is 13.5. The van der Waals surface area contributed by atoms with Crippen molar-refractivity contribution in [2.75, 3.05) is 19.6 Å². The minimum Gasteiger partial charge on any atom is -0.450 e. The van der Waals surface area contributed by atoms with Gasteiger partial charge in [0, 0.05) is 18.0 Å². The van der Waals surface area contributed by atoms with Gasteiger partial charge in [-0.3, -0.25) is 4.79 Å². The van der Waals surface area contributed by atoms with Crippen LogP contribution in [0.5, 0.6) is 0 Å². The largest absolute Gasteiger partial charge is 0.450 e. The second-order valence-corrected chi connectivity index (χ2v) is 6.99. The molecule has 1 amide bonds.